The molecule has 0 unspecified atom stereocenters. The molecule has 104 valence electrons. The van der Waals surface area contributed by atoms with Gasteiger partial charge in [0.05, 0.1) is 20.2 Å². The lowest BCUT2D eigenvalue weighted by atomic mass is 10.3. The van der Waals surface area contributed by atoms with E-state index in [9.17, 15) is 9.59 Å². The second-order valence-corrected chi connectivity index (χ2v) is 3.84. The molecule has 1 rings (SSSR count). The first-order valence-electron chi connectivity index (χ1n) is 6.07. The van der Waals surface area contributed by atoms with Crippen molar-refractivity contribution in [3.63, 3.8) is 0 Å². The molecule has 1 aromatic carbocycles. The molecule has 0 heterocycles. The summed E-state index contributed by atoms with van der Waals surface area (Å²) < 4.78 is 5.06. The van der Waals surface area contributed by atoms with Crippen LogP contribution in [0.5, 0.6) is 5.75 Å². The quantitative estimate of drug-likeness (QED) is 0.665. The predicted octanol–water partition coefficient (Wildman–Crippen LogP) is 0.359. The molecule has 0 aliphatic heterocycles. The van der Waals surface area contributed by atoms with Gasteiger partial charge in [0, 0.05) is 18.3 Å². The van der Waals surface area contributed by atoms with Crippen LogP contribution in [0.4, 0.5) is 5.69 Å². The Labute approximate surface area is 112 Å². The maximum Gasteiger partial charge on any atom is 0.238 e. The lowest BCUT2D eigenvalue weighted by Gasteiger charge is -2.08. The Balaban J connectivity index is 2.32. The smallest absolute Gasteiger partial charge is 0.238 e. The van der Waals surface area contributed by atoms with E-state index in [0.29, 0.717) is 18.0 Å². The van der Waals surface area contributed by atoms with E-state index in [1.807, 2.05) is 6.92 Å². The highest BCUT2D eigenvalue weighted by Crippen LogP contribution is 2.16. The maximum absolute atomic E-state index is 11.6. The zero-order valence-corrected chi connectivity index (χ0v) is 11.2. The minimum Gasteiger partial charge on any atom is -0.497 e. The number of rotatable bonds is 7. The summed E-state index contributed by atoms with van der Waals surface area (Å²) in [6.45, 7) is 2.62. The van der Waals surface area contributed by atoms with Crippen molar-refractivity contribution in [1.82, 2.24) is 10.6 Å². The van der Waals surface area contributed by atoms with Crippen molar-refractivity contribution in [3.8, 4) is 5.75 Å². The molecule has 0 radical (unpaired) electrons. The van der Waals surface area contributed by atoms with Crippen LogP contribution >= 0.6 is 0 Å². The van der Waals surface area contributed by atoms with Gasteiger partial charge in [0.1, 0.15) is 5.75 Å². The largest absolute Gasteiger partial charge is 0.497 e. The number of hydrogen-bond donors (Lipinski definition) is 3. The van der Waals surface area contributed by atoms with E-state index in [2.05, 4.69) is 16.0 Å². The van der Waals surface area contributed by atoms with Gasteiger partial charge < -0.3 is 15.4 Å². The molecule has 0 bridgehead atoms. The summed E-state index contributed by atoms with van der Waals surface area (Å²) in [5.74, 6) is 0.335. The first kappa shape index (κ1) is 15.0. The third-order valence-electron chi connectivity index (χ3n) is 2.30. The van der Waals surface area contributed by atoms with Crippen molar-refractivity contribution < 1.29 is 14.3 Å². The van der Waals surface area contributed by atoms with Gasteiger partial charge in [0.2, 0.25) is 11.8 Å². The van der Waals surface area contributed by atoms with Gasteiger partial charge in [-0.2, -0.15) is 0 Å². The van der Waals surface area contributed by atoms with Crippen LogP contribution in [0.2, 0.25) is 0 Å². The fraction of sp³-hybridized carbons (Fsp3) is 0.385. The summed E-state index contributed by atoms with van der Waals surface area (Å²) in [5, 5.41) is 8.11. The number of carbonyl (C=O) groups excluding carboxylic acids is 2. The monoisotopic (exact) mass is 265 g/mol. The average Bonchev–Trinajstić information content (AvgIpc) is 2.39. The Hall–Kier alpha value is -2.08. The van der Waals surface area contributed by atoms with Crippen LogP contribution in [-0.2, 0) is 9.59 Å². The molecule has 0 fully saturated rings. The Morgan fingerprint density at radius 3 is 2.63 bits per heavy atom. The summed E-state index contributed by atoms with van der Waals surface area (Å²) in [6, 6.07) is 7.07. The van der Waals surface area contributed by atoms with E-state index >= 15 is 0 Å². The molecular formula is C13H19N3O3. The Bertz CT molecular complexity index is 435. The first-order chi connectivity index (χ1) is 9.15. The molecule has 6 heteroatoms. The molecule has 0 saturated carbocycles. The minimum absolute atomic E-state index is 0.0777. The van der Waals surface area contributed by atoms with E-state index in [1.165, 1.54) is 0 Å². The number of ether oxygens (including phenoxy) is 1. The van der Waals surface area contributed by atoms with Crippen LogP contribution in [-0.4, -0.2) is 38.6 Å². The lowest BCUT2D eigenvalue weighted by molar-refractivity contribution is -0.120. The highest BCUT2D eigenvalue weighted by Gasteiger charge is 2.04. The highest BCUT2D eigenvalue weighted by molar-refractivity contribution is 5.92. The maximum atomic E-state index is 11.6. The molecule has 0 atom stereocenters. The third-order valence-corrected chi connectivity index (χ3v) is 2.30. The fourth-order valence-corrected chi connectivity index (χ4v) is 1.46. The standard InChI is InChI=1S/C13H19N3O3/c1-3-15-12(17)8-14-9-13(18)16-10-5-4-6-11(7-10)19-2/h4-7,14H,3,8-9H2,1-2H3,(H,15,17)(H,16,18). The molecular weight excluding hydrogens is 246 g/mol. The number of hydrogen-bond acceptors (Lipinski definition) is 4. The average molecular weight is 265 g/mol. The van der Waals surface area contributed by atoms with E-state index in [1.54, 1.807) is 31.4 Å². The highest BCUT2D eigenvalue weighted by atomic mass is 16.5. The van der Waals surface area contributed by atoms with Crippen molar-refractivity contribution in [1.29, 1.82) is 0 Å². The summed E-state index contributed by atoms with van der Waals surface area (Å²) in [4.78, 5) is 22.7. The van der Waals surface area contributed by atoms with Gasteiger partial charge >= 0.3 is 0 Å². The zero-order valence-electron chi connectivity index (χ0n) is 11.2. The Morgan fingerprint density at radius 1 is 1.21 bits per heavy atom. The van der Waals surface area contributed by atoms with Crippen LogP contribution in [0.1, 0.15) is 6.92 Å². The second-order valence-electron chi connectivity index (χ2n) is 3.84. The van der Waals surface area contributed by atoms with Gasteiger partial charge in [-0.15, -0.1) is 0 Å². The minimum atomic E-state index is -0.211. The van der Waals surface area contributed by atoms with Crippen molar-refractivity contribution >= 4 is 17.5 Å². The molecule has 6 nitrogen and oxygen atoms in total. The van der Waals surface area contributed by atoms with Crippen LogP contribution in [0.25, 0.3) is 0 Å². The van der Waals surface area contributed by atoms with E-state index in [4.69, 9.17) is 4.74 Å². The second kappa shape index (κ2) is 8.10. The van der Waals surface area contributed by atoms with Crippen LogP contribution in [0.15, 0.2) is 24.3 Å². The van der Waals surface area contributed by atoms with Crippen LogP contribution in [0, 0.1) is 0 Å². The number of benzene rings is 1. The number of amides is 2. The Morgan fingerprint density at radius 2 is 1.95 bits per heavy atom. The van der Waals surface area contributed by atoms with Gasteiger partial charge in [-0.1, -0.05) is 6.07 Å². The summed E-state index contributed by atoms with van der Waals surface area (Å²) in [7, 11) is 1.56. The SMILES string of the molecule is CCNC(=O)CNCC(=O)Nc1cccc(OC)c1. The van der Waals surface area contributed by atoms with Crippen LogP contribution < -0.4 is 20.7 Å². The number of nitrogens with one attached hydrogen (secondary N) is 3. The van der Waals surface area contributed by atoms with Gasteiger partial charge in [-0.05, 0) is 19.1 Å². The number of anilines is 1. The molecule has 0 aromatic heterocycles. The van der Waals surface area contributed by atoms with Crippen molar-refractivity contribution in [2.24, 2.45) is 0 Å². The number of likely N-dealkylation sites (N-methyl/N-ethyl adjacent to an activating group) is 1. The topological polar surface area (TPSA) is 79.5 Å². The molecule has 0 aliphatic rings. The summed E-state index contributed by atoms with van der Waals surface area (Å²) >= 11 is 0. The van der Waals surface area contributed by atoms with Gasteiger partial charge in [0.15, 0.2) is 0 Å². The lowest BCUT2D eigenvalue weighted by Crippen LogP contribution is -2.37. The van der Waals surface area contributed by atoms with Gasteiger partial charge in [0.25, 0.3) is 0 Å². The molecule has 1 aromatic rings. The molecule has 2 amide bonds. The first-order valence-corrected chi connectivity index (χ1v) is 6.07. The normalized spacial score (nSPS) is 9.79. The van der Waals surface area contributed by atoms with Gasteiger partial charge in [-0.3, -0.25) is 14.9 Å². The number of carbonyl (C=O) groups is 2. The van der Waals surface area contributed by atoms with Crippen molar-refractivity contribution in [3.05, 3.63) is 24.3 Å². The van der Waals surface area contributed by atoms with Gasteiger partial charge in [-0.25, -0.2) is 0 Å². The van der Waals surface area contributed by atoms with E-state index in [-0.39, 0.29) is 24.9 Å². The Kier molecular flexibility index (Phi) is 6.38. The van der Waals surface area contributed by atoms with Crippen molar-refractivity contribution in [2.45, 2.75) is 6.92 Å². The van der Waals surface area contributed by atoms with E-state index < -0.39 is 0 Å². The summed E-state index contributed by atoms with van der Waals surface area (Å²) in [6.07, 6.45) is 0. The predicted molar refractivity (Wildman–Crippen MR) is 73.2 cm³/mol. The fourth-order valence-electron chi connectivity index (χ4n) is 1.46. The van der Waals surface area contributed by atoms with Crippen LogP contribution in [0.3, 0.4) is 0 Å². The summed E-state index contributed by atoms with van der Waals surface area (Å²) in [5.41, 5.74) is 0.657. The molecule has 0 saturated heterocycles. The third kappa shape index (κ3) is 5.87. The van der Waals surface area contributed by atoms with E-state index in [0.717, 1.165) is 0 Å². The molecule has 0 spiro atoms. The molecule has 19 heavy (non-hydrogen) atoms. The van der Waals surface area contributed by atoms with Crippen molar-refractivity contribution in [2.75, 3.05) is 32.1 Å². The molecule has 3 N–H and O–H groups in total. The molecule has 0 aliphatic carbocycles. The number of methoxy groups -OCH3 is 1. The zero-order chi connectivity index (χ0) is 14.1.